The van der Waals surface area contributed by atoms with Crippen molar-refractivity contribution in [3.8, 4) is 0 Å². The third kappa shape index (κ3) is 1.60. The molecule has 0 saturated carbocycles. The van der Waals surface area contributed by atoms with Crippen LogP contribution in [0.25, 0.3) is 6.08 Å². The van der Waals surface area contributed by atoms with Crippen LogP contribution < -0.4 is 0 Å². The van der Waals surface area contributed by atoms with Gasteiger partial charge in [0.05, 0.1) is 18.2 Å². The first-order chi connectivity index (χ1) is 4.43. The van der Waals surface area contributed by atoms with Crippen LogP contribution in [0.5, 0.6) is 0 Å². The van der Waals surface area contributed by atoms with E-state index in [-0.39, 0.29) is 0 Å². The zero-order valence-electron chi connectivity index (χ0n) is 4.66. The minimum Gasteiger partial charge on any atom is -0.261 e. The summed E-state index contributed by atoms with van der Waals surface area (Å²) in [6.07, 6.45) is 6.21. The van der Waals surface area contributed by atoms with Crippen molar-refractivity contribution in [2.24, 2.45) is 0 Å². The van der Waals surface area contributed by atoms with Crippen molar-refractivity contribution in [1.29, 1.82) is 0 Å². The van der Waals surface area contributed by atoms with E-state index in [0.717, 1.165) is 0 Å². The number of aromatic nitrogens is 2. The van der Waals surface area contributed by atoms with Crippen molar-refractivity contribution >= 4 is 6.08 Å². The van der Waals surface area contributed by atoms with Gasteiger partial charge < -0.3 is 0 Å². The molecule has 0 N–H and O–H groups in total. The Morgan fingerprint density at radius 1 is 1.44 bits per heavy atom. The zero-order chi connectivity index (χ0) is 6.53. The van der Waals surface area contributed by atoms with Crippen LogP contribution in [0.15, 0.2) is 24.9 Å². The maximum Gasteiger partial charge on any atom is 0.0888 e. The van der Waals surface area contributed by atoms with Crippen LogP contribution in [0.2, 0.25) is 0 Å². The van der Waals surface area contributed by atoms with Gasteiger partial charge in [-0.25, -0.2) is 4.39 Å². The zero-order valence-corrected chi connectivity index (χ0v) is 4.66. The lowest BCUT2D eigenvalue weighted by molar-refractivity contribution is 0.727. The van der Waals surface area contributed by atoms with Crippen molar-refractivity contribution in [3.05, 3.63) is 30.6 Å². The molecule has 1 aromatic heterocycles. The van der Waals surface area contributed by atoms with E-state index in [1.165, 1.54) is 24.7 Å². The van der Waals surface area contributed by atoms with Crippen molar-refractivity contribution in [2.45, 2.75) is 0 Å². The summed E-state index contributed by atoms with van der Waals surface area (Å²) in [4.78, 5) is 7.50. The topological polar surface area (TPSA) is 25.8 Å². The van der Waals surface area contributed by atoms with Crippen molar-refractivity contribution in [3.63, 3.8) is 0 Å². The van der Waals surface area contributed by atoms with E-state index in [0.29, 0.717) is 12.0 Å². The molecule has 0 fully saturated rings. The number of nitrogens with zero attached hydrogens (tertiary/aromatic N) is 2. The number of hydrogen-bond acceptors (Lipinski definition) is 2. The van der Waals surface area contributed by atoms with E-state index in [2.05, 4.69) is 9.97 Å². The molecule has 0 amide bonds. The molecule has 0 bridgehead atoms. The van der Waals surface area contributed by atoms with Crippen LogP contribution in [0.4, 0.5) is 4.39 Å². The molecule has 46 valence electrons. The van der Waals surface area contributed by atoms with Crippen LogP contribution in [-0.2, 0) is 0 Å². The fourth-order valence-electron chi connectivity index (χ4n) is 0.461. The highest BCUT2D eigenvalue weighted by molar-refractivity contribution is 5.40. The summed E-state index contributed by atoms with van der Waals surface area (Å²) in [5, 5.41) is 0. The predicted octanol–water partition coefficient (Wildman–Crippen LogP) is 1.42. The lowest BCUT2D eigenvalue weighted by atomic mass is 10.4. The van der Waals surface area contributed by atoms with Gasteiger partial charge in [-0.05, 0) is 6.08 Å². The van der Waals surface area contributed by atoms with Gasteiger partial charge in [0.1, 0.15) is 0 Å². The molecule has 2 nitrogen and oxygen atoms in total. The lowest BCUT2D eigenvalue weighted by Gasteiger charge is -1.84. The number of rotatable bonds is 1. The molecule has 0 aliphatic heterocycles. The SMILES string of the molecule is F/C=C\c1cnccn1. The van der Waals surface area contributed by atoms with Crippen molar-refractivity contribution in [1.82, 2.24) is 9.97 Å². The predicted molar refractivity (Wildman–Crippen MR) is 32.2 cm³/mol. The second-order valence-electron chi connectivity index (χ2n) is 1.42. The standard InChI is InChI=1S/C6H5FN2/c7-2-1-6-5-8-3-4-9-6/h1-5H/b2-1-. The van der Waals surface area contributed by atoms with Gasteiger partial charge in [0.15, 0.2) is 0 Å². The quantitative estimate of drug-likeness (QED) is 0.565. The van der Waals surface area contributed by atoms with Crippen LogP contribution in [0.1, 0.15) is 5.69 Å². The highest BCUT2D eigenvalue weighted by Crippen LogP contribution is 1.92. The van der Waals surface area contributed by atoms with Gasteiger partial charge in [-0.15, -0.1) is 0 Å². The third-order valence-corrected chi connectivity index (χ3v) is 0.817. The van der Waals surface area contributed by atoms with E-state index >= 15 is 0 Å². The summed E-state index contributed by atoms with van der Waals surface area (Å²) < 4.78 is 11.4. The van der Waals surface area contributed by atoms with Gasteiger partial charge >= 0.3 is 0 Å². The Balaban J connectivity index is 2.85. The minimum atomic E-state index is 0.435. The van der Waals surface area contributed by atoms with Gasteiger partial charge in [-0.2, -0.15) is 0 Å². The number of hydrogen-bond donors (Lipinski definition) is 0. The van der Waals surface area contributed by atoms with Crippen LogP contribution in [0, 0.1) is 0 Å². The van der Waals surface area contributed by atoms with E-state index in [1.807, 2.05) is 0 Å². The monoisotopic (exact) mass is 124 g/mol. The Hall–Kier alpha value is -1.25. The molecule has 9 heavy (non-hydrogen) atoms. The Bertz CT molecular complexity index is 195. The van der Waals surface area contributed by atoms with Crippen LogP contribution in [0.3, 0.4) is 0 Å². The summed E-state index contributed by atoms with van der Waals surface area (Å²) in [6.45, 7) is 0. The maximum absolute atomic E-state index is 11.4. The van der Waals surface area contributed by atoms with Gasteiger partial charge in [-0.1, -0.05) is 0 Å². The average molecular weight is 124 g/mol. The summed E-state index contributed by atoms with van der Waals surface area (Å²) in [5.41, 5.74) is 0.528. The smallest absolute Gasteiger partial charge is 0.0888 e. The Labute approximate surface area is 52.1 Å². The normalized spacial score (nSPS) is 10.3. The summed E-state index contributed by atoms with van der Waals surface area (Å²) >= 11 is 0. The maximum atomic E-state index is 11.4. The Kier molecular flexibility index (Phi) is 1.90. The van der Waals surface area contributed by atoms with Gasteiger partial charge in [0, 0.05) is 12.4 Å². The molecule has 1 aromatic rings. The minimum absolute atomic E-state index is 0.435. The largest absolute Gasteiger partial charge is 0.261 e. The molecule has 3 heteroatoms. The molecule has 1 heterocycles. The summed E-state index contributed by atoms with van der Waals surface area (Å²) in [5.74, 6) is 0. The van der Waals surface area contributed by atoms with E-state index in [9.17, 15) is 4.39 Å². The lowest BCUT2D eigenvalue weighted by Crippen LogP contribution is -1.78. The molecular formula is C6H5FN2. The van der Waals surface area contributed by atoms with Crippen molar-refractivity contribution in [2.75, 3.05) is 0 Å². The molecule has 0 unspecified atom stereocenters. The fourth-order valence-corrected chi connectivity index (χ4v) is 0.461. The van der Waals surface area contributed by atoms with E-state index in [1.54, 1.807) is 0 Å². The van der Waals surface area contributed by atoms with Crippen LogP contribution >= 0.6 is 0 Å². The van der Waals surface area contributed by atoms with Gasteiger partial charge in [-0.3, -0.25) is 9.97 Å². The molecule has 0 aromatic carbocycles. The number of halogens is 1. The Morgan fingerprint density at radius 3 is 2.89 bits per heavy atom. The summed E-state index contributed by atoms with van der Waals surface area (Å²) in [7, 11) is 0. The highest BCUT2D eigenvalue weighted by Gasteiger charge is 1.81. The molecule has 0 atom stereocenters. The molecule has 1 rings (SSSR count). The van der Waals surface area contributed by atoms with E-state index < -0.39 is 0 Å². The van der Waals surface area contributed by atoms with Crippen molar-refractivity contribution < 1.29 is 4.39 Å². The first-order valence-electron chi connectivity index (χ1n) is 2.46. The first kappa shape index (κ1) is 5.88. The molecule has 0 radical (unpaired) electrons. The molecular weight excluding hydrogens is 119 g/mol. The Morgan fingerprint density at radius 2 is 2.33 bits per heavy atom. The third-order valence-electron chi connectivity index (χ3n) is 0.817. The molecule has 0 aliphatic carbocycles. The highest BCUT2D eigenvalue weighted by atomic mass is 19.1. The average Bonchev–Trinajstić information content (AvgIpc) is 1.91. The fraction of sp³-hybridized carbons (Fsp3) is 0. The molecule has 0 aliphatic rings. The second kappa shape index (κ2) is 2.91. The van der Waals surface area contributed by atoms with Gasteiger partial charge in [0.2, 0.25) is 0 Å². The second-order valence-corrected chi connectivity index (χ2v) is 1.42. The van der Waals surface area contributed by atoms with Gasteiger partial charge in [0.25, 0.3) is 0 Å². The van der Waals surface area contributed by atoms with Crippen LogP contribution in [-0.4, -0.2) is 9.97 Å². The molecule has 0 saturated heterocycles. The summed E-state index contributed by atoms with van der Waals surface area (Å²) in [6, 6.07) is 0. The first-order valence-corrected chi connectivity index (χ1v) is 2.46. The molecule has 0 spiro atoms. The van der Waals surface area contributed by atoms with E-state index in [4.69, 9.17) is 0 Å².